The van der Waals surface area contributed by atoms with Crippen LogP contribution in [0.2, 0.25) is 0 Å². The van der Waals surface area contributed by atoms with Crippen LogP contribution >= 0.6 is 0 Å². The van der Waals surface area contributed by atoms with E-state index in [1.807, 2.05) is 18.3 Å². The first-order valence-electron chi connectivity index (χ1n) is 7.02. The number of aromatic nitrogens is 3. The number of nitrogens with one attached hydrogen (secondary N) is 1. The zero-order valence-electron chi connectivity index (χ0n) is 10.9. The number of fused-ring (bicyclic) bond motifs is 3. The highest BCUT2D eigenvalue weighted by Gasteiger charge is 2.51. The van der Waals surface area contributed by atoms with Crippen LogP contribution < -0.4 is 5.32 Å². The third kappa shape index (κ3) is 1.67. The molecular weight excluding hydrogens is 256 g/mol. The third-order valence-electron chi connectivity index (χ3n) is 4.77. The molecule has 2 fully saturated rings. The molecule has 2 aromatic rings. The molecule has 2 aliphatic carbocycles. The van der Waals surface area contributed by atoms with E-state index in [1.54, 1.807) is 10.7 Å². The van der Waals surface area contributed by atoms with Gasteiger partial charge in [0, 0.05) is 18.3 Å². The van der Waals surface area contributed by atoms with Gasteiger partial charge in [0.15, 0.2) is 5.65 Å². The quantitative estimate of drug-likeness (QED) is 0.888. The highest BCUT2D eigenvalue weighted by molar-refractivity contribution is 5.73. The molecule has 0 spiro atoms. The number of carboxylic acids is 1. The van der Waals surface area contributed by atoms with Gasteiger partial charge in [0.25, 0.3) is 0 Å². The molecule has 0 aliphatic heterocycles. The molecule has 0 radical (unpaired) electrons. The van der Waals surface area contributed by atoms with Gasteiger partial charge in [-0.15, -0.1) is 0 Å². The number of carboxylic acid groups (broad SMARTS) is 1. The Hall–Kier alpha value is -2.11. The SMILES string of the molecule is O=C(O)C1C2CCC(C2)C1Nc1ccn2nccc2n1. The predicted molar refractivity (Wildman–Crippen MR) is 72.4 cm³/mol. The van der Waals surface area contributed by atoms with E-state index in [4.69, 9.17) is 0 Å². The van der Waals surface area contributed by atoms with E-state index in [1.165, 1.54) is 0 Å². The van der Waals surface area contributed by atoms with E-state index < -0.39 is 5.97 Å². The molecule has 0 amide bonds. The zero-order chi connectivity index (χ0) is 13.7. The van der Waals surface area contributed by atoms with Crippen LogP contribution in [0.4, 0.5) is 5.82 Å². The number of hydrogen-bond donors (Lipinski definition) is 2. The van der Waals surface area contributed by atoms with Crippen LogP contribution in [-0.4, -0.2) is 31.7 Å². The predicted octanol–water partition coefficient (Wildman–Crippen LogP) is 1.64. The third-order valence-corrected chi connectivity index (χ3v) is 4.77. The van der Waals surface area contributed by atoms with Crippen LogP contribution in [0.15, 0.2) is 24.5 Å². The molecule has 6 nitrogen and oxygen atoms in total. The van der Waals surface area contributed by atoms with Crippen molar-refractivity contribution < 1.29 is 9.90 Å². The van der Waals surface area contributed by atoms with E-state index in [9.17, 15) is 9.90 Å². The Kier molecular flexibility index (Phi) is 2.45. The van der Waals surface area contributed by atoms with Gasteiger partial charge in [-0.05, 0) is 37.2 Å². The lowest BCUT2D eigenvalue weighted by Gasteiger charge is -2.29. The van der Waals surface area contributed by atoms with Gasteiger partial charge in [0.2, 0.25) is 0 Å². The summed E-state index contributed by atoms with van der Waals surface area (Å²) in [5.41, 5.74) is 0.769. The minimum Gasteiger partial charge on any atom is -0.481 e. The summed E-state index contributed by atoms with van der Waals surface area (Å²) >= 11 is 0. The molecule has 104 valence electrons. The summed E-state index contributed by atoms with van der Waals surface area (Å²) in [6.07, 6.45) is 6.75. The minimum absolute atomic E-state index is 0.00382. The Labute approximate surface area is 115 Å². The molecule has 20 heavy (non-hydrogen) atoms. The largest absolute Gasteiger partial charge is 0.481 e. The molecule has 2 aliphatic rings. The monoisotopic (exact) mass is 272 g/mol. The number of anilines is 1. The minimum atomic E-state index is -0.680. The first-order valence-corrected chi connectivity index (χ1v) is 7.02. The number of nitrogens with zero attached hydrogens (tertiary/aromatic N) is 3. The van der Waals surface area contributed by atoms with Crippen LogP contribution in [0.3, 0.4) is 0 Å². The van der Waals surface area contributed by atoms with Gasteiger partial charge in [-0.3, -0.25) is 4.79 Å². The topological polar surface area (TPSA) is 79.5 Å². The molecule has 4 atom stereocenters. The fraction of sp³-hybridized carbons (Fsp3) is 0.500. The molecule has 2 saturated carbocycles. The van der Waals surface area contributed by atoms with Crippen molar-refractivity contribution in [2.75, 3.05) is 5.32 Å². The molecule has 2 bridgehead atoms. The molecule has 4 unspecified atom stereocenters. The van der Waals surface area contributed by atoms with Crippen molar-refractivity contribution >= 4 is 17.4 Å². The molecule has 2 aromatic heterocycles. The Morgan fingerprint density at radius 3 is 3.05 bits per heavy atom. The lowest BCUT2D eigenvalue weighted by atomic mass is 9.84. The summed E-state index contributed by atoms with van der Waals surface area (Å²) in [6, 6.07) is 3.69. The molecule has 4 rings (SSSR count). The van der Waals surface area contributed by atoms with E-state index in [0.29, 0.717) is 11.8 Å². The molecule has 0 saturated heterocycles. The molecule has 2 heterocycles. The fourth-order valence-electron chi connectivity index (χ4n) is 3.92. The summed E-state index contributed by atoms with van der Waals surface area (Å²) in [7, 11) is 0. The van der Waals surface area contributed by atoms with E-state index in [2.05, 4.69) is 15.4 Å². The standard InChI is InChI=1S/C14H16N4O2/c19-14(20)12-8-1-2-9(7-8)13(12)17-10-4-6-18-11(16-10)3-5-15-18/h3-6,8-9,12-13H,1-2,7H2,(H,16,17)(H,19,20). The normalized spacial score (nSPS) is 31.8. The first-order chi connectivity index (χ1) is 9.72. The van der Waals surface area contributed by atoms with Crippen molar-refractivity contribution in [3.05, 3.63) is 24.5 Å². The lowest BCUT2D eigenvalue weighted by Crippen LogP contribution is -2.39. The Morgan fingerprint density at radius 1 is 1.35 bits per heavy atom. The molecule has 0 aromatic carbocycles. The Morgan fingerprint density at radius 2 is 2.20 bits per heavy atom. The highest BCUT2D eigenvalue weighted by atomic mass is 16.4. The maximum Gasteiger partial charge on any atom is 0.308 e. The number of carbonyl (C=O) groups is 1. The van der Waals surface area contributed by atoms with Crippen LogP contribution in [0.1, 0.15) is 19.3 Å². The molecular formula is C14H16N4O2. The number of hydrogen-bond acceptors (Lipinski definition) is 4. The van der Waals surface area contributed by atoms with Crippen LogP contribution in [-0.2, 0) is 4.79 Å². The highest BCUT2D eigenvalue weighted by Crippen LogP contribution is 2.49. The van der Waals surface area contributed by atoms with Gasteiger partial charge in [0.1, 0.15) is 5.82 Å². The fourth-order valence-corrected chi connectivity index (χ4v) is 3.92. The average Bonchev–Trinajstić information content (AvgIpc) is 3.12. The second kappa shape index (κ2) is 4.19. The maximum absolute atomic E-state index is 11.5. The second-order valence-electron chi connectivity index (χ2n) is 5.81. The van der Waals surface area contributed by atoms with Gasteiger partial charge in [-0.2, -0.15) is 5.10 Å². The van der Waals surface area contributed by atoms with Gasteiger partial charge in [-0.1, -0.05) is 0 Å². The van der Waals surface area contributed by atoms with Crippen LogP contribution in [0, 0.1) is 17.8 Å². The Bertz CT molecular complexity index is 668. The average molecular weight is 272 g/mol. The van der Waals surface area contributed by atoms with Crippen LogP contribution in [0.5, 0.6) is 0 Å². The van der Waals surface area contributed by atoms with Crippen molar-refractivity contribution in [3.8, 4) is 0 Å². The zero-order valence-corrected chi connectivity index (χ0v) is 10.9. The molecule has 2 N–H and O–H groups in total. The van der Waals surface area contributed by atoms with Gasteiger partial charge in [-0.25, -0.2) is 9.50 Å². The summed E-state index contributed by atoms with van der Waals surface area (Å²) in [5.74, 6) is 0.566. The number of rotatable bonds is 3. The summed E-state index contributed by atoms with van der Waals surface area (Å²) in [6.45, 7) is 0. The van der Waals surface area contributed by atoms with Crippen molar-refractivity contribution in [1.29, 1.82) is 0 Å². The van der Waals surface area contributed by atoms with E-state index in [-0.39, 0.29) is 12.0 Å². The smallest absolute Gasteiger partial charge is 0.308 e. The van der Waals surface area contributed by atoms with Crippen molar-refractivity contribution in [2.24, 2.45) is 17.8 Å². The van der Waals surface area contributed by atoms with Gasteiger partial charge < -0.3 is 10.4 Å². The summed E-state index contributed by atoms with van der Waals surface area (Å²) < 4.78 is 1.70. The number of aliphatic carboxylic acids is 1. The van der Waals surface area contributed by atoms with Gasteiger partial charge >= 0.3 is 5.97 Å². The first kappa shape index (κ1) is 11.7. The second-order valence-corrected chi connectivity index (χ2v) is 5.81. The maximum atomic E-state index is 11.5. The Balaban J connectivity index is 1.62. The van der Waals surface area contributed by atoms with Crippen LogP contribution in [0.25, 0.3) is 5.65 Å². The van der Waals surface area contributed by atoms with E-state index >= 15 is 0 Å². The van der Waals surface area contributed by atoms with Crippen molar-refractivity contribution in [1.82, 2.24) is 14.6 Å². The summed E-state index contributed by atoms with van der Waals surface area (Å²) in [5, 5.41) is 16.9. The lowest BCUT2D eigenvalue weighted by molar-refractivity contribution is -0.143. The van der Waals surface area contributed by atoms with Gasteiger partial charge in [0.05, 0.1) is 12.1 Å². The van der Waals surface area contributed by atoms with E-state index in [0.717, 1.165) is 30.7 Å². The summed E-state index contributed by atoms with van der Waals surface area (Å²) in [4.78, 5) is 16.0. The van der Waals surface area contributed by atoms with Crippen molar-refractivity contribution in [3.63, 3.8) is 0 Å². The molecule has 6 heteroatoms. The van der Waals surface area contributed by atoms with Crippen molar-refractivity contribution in [2.45, 2.75) is 25.3 Å².